The predicted octanol–water partition coefficient (Wildman–Crippen LogP) is 1.83. The molecule has 0 radical (unpaired) electrons. The Morgan fingerprint density at radius 1 is 1.32 bits per heavy atom. The van der Waals surface area contributed by atoms with E-state index >= 15 is 0 Å². The molecule has 1 N–H and O–H groups in total. The summed E-state index contributed by atoms with van der Waals surface area (Å²) in [4.78, 5) is 5.56. The van der Waals surface area contributed by atoms with Gasteiger partial charge in [-0.3, -0.25) is 0 Å². The average Bonchev–Trinajstić information content (AvgIpc) is 2.74. The summed E-state index contributed by atoms with van der Waals surface area (Å²) in [5.41, 5.74) is 0.0874. The van der Waals surface area contributed by atoms with E-state index in [2.05, 4.69) is 4.98 Å². The molecular weight excluding hydrogens is 252 g/mol. The summed E-state index contributed by atoms with van der Waals surface area (Å²) >= 11 is 0. The molecule has 0 bridgehead atoms. The molecule has 4 nitrogen and oxygen atoms in total. The second-order valence-electron chi connectivity index (χ2n) is 4.38. The Labute approximate surface area is 109 Å². The largest absolute Gasteiger partial charge is 0.392 e. The molecule has 1 heterocycles. The van der Waals surface area contributed by atoms with Gasteiger partial charge in [-0.25, -0.2) is 13.8 Å². The van der Waals surface area contributed by atoms with Gasteiger partial charge in [0.2, 0.25) is 0 Å². The zero-order valence-corrected chi connectivity index (χ0v) is 10.8. The maximum Gasteiger partial charge on any atom is 0.149 e. The van der Waals surface area contributed by atoms with E-state index in [-0.39, 0.29) is 17.8 Å². The van der Waals surface area contributed by atoms with Gasteiger partial charge in [0.15, 0.2) is 0 Å². The molecule has 0 aliphatic carbocycles. The molecule has 0 saturated carbocycles. The Kier molecular flexibility index (Phi) is 3.80. The molecule has 0 amide bonds. The molecule has 0 aliphatic heterocycles. The number of aliphatic hydroxyl groups excluding tert-OH is 1. The van der Waals surface area contributed by atoms with E-state index in [1.165, 1.54) is 4.90 Å². The maximum atomic E-state index is 13.9. The third kappa shape index (κ3) is 2.73. The van der Waals surface area contributed by atoms with Crippen LogP contribution in [-0.4, -0.2) is 21.7 Å². The average molecular weight is 267 g/mol. The summed E-state index contributed by atoms with van der Waals surface area (Å²) in [6, 6.07) is 2.26. The minimum Gasteiger partial charge on any atom is -0.392 e. The summed E-state index contributed by atoms with van der Waals surface area (Å²) in [6.45, 7) is -0.104. The molecule has 0 saturated heterocycles. The lowest BCUT2D eigenvalue weighted by Gasteiger charge is -2.20. The van der Waals surface area contributed by atoms with Gasteiger partial charge < -0.3 is 14.6 Å². The highest BCUT2D eigenvalue weighted by Crippen LogP contribution is 2.25. The van der Waals surface area contributed by atoms with Gasteiger partial charge in [-0.1, -0.05) is 0 Å². The second-order valence-corrected chi connectivity index (χ2v) is 4.38. The fourth-order valence-corrected chi connectivity index (χ4v) is 1.91. The van der Waals surface area contributed by atoms with Crippen LogP contribution in [0.5, 0.6) is 0 Å². The number of aliphatic hydroxyl groups is 1. The van der Waals surface area contributed by atoms with Crippen molar-refractivity contribution in [3.63, 3.8) is 0 Å². The molecule has 0 spiro atoms. The van der Waals surface area contributed by atoms with Gasteiger partial charge in [-0.05, 0) is 17.7 Å². The molecule has 0 unspecified atom stereocenters. The van der Waals surface area contributed by atoms with Gasteiger partial charge in [-0.15, -0.1) is 0 Å². The van der Waals surface area contributed by atoms with Crippen molar-refractivity contribution in [2.24, 2.45) is 7.05 Å². The summed E-state index contributed by atoms with van der Waals surface area (Å²) < 4.78 is 29.5. The van der Waals surface area contributed by atoms with E-state index in [9.17, 15) is 8.78 Å². The maximum absolute atomic E-state index is 13.9. The van der Waals surface area contributed by atoms with Crippen molar-refractivity contribution in [2.45, 2.75) is 13.2 Å². The number of benzene rings is 1. The van der Waals surface area contributed by atoms with Crippen LogP contribution < -0.4 is 4.90 Å². The highest BCUT2D eigenvalue weighted by molar-refractivity contribution is 5.50. The molecule has 0 aliphatic rings. The number of hydrogen-bond donors (Lipinski definition) is 1. The topological polar surface area (TPSA) is 41.3 Å². The molecule has 1 aromatic heterocycles. The lowest BCUT2D eigenvalue weighted by molar-refractivity contribution is 0.280. The van der Waals surface area contributed by atoms with Gasteiger partial charge in [-0.2, -0.15) is 0 Å². The van der Waals surface area contributed by atoms with Crippen molar-refractivity contribution in [3.8, 4) is 0 Å². The smallest absolute Gasteiger partial charge is 0.149 e. The van der Waals surface area contributed by atoms with Crippen molar-refractivity contribution < 1.29 is 13.9 Å². The Morgan fingerprint density at radius 2 is 1.95 bits per heavy atom. The fraction of sp³-hybridized carbons (Fsp3) is 0.308. The summed E-state index contributed by atoms with van der Waals surface area (Å²) in [5, 5.41) is 8.90. The van der Waals surface area contributed by atoms with E-state index < -0.39 is 18.2 Å². The van der Waals surface area contributed by atoms with Gasteiger partial charge in [0.1, 0.15) is 23.1 Å². The zero-order chi connectivity index (χ0) is 14.0. The number of imidazole rings is 1. The molecule has 0 fully saturated rings. The third-order valence-corrected chi connectivity index (χ3v) is 2.94. The molecule has 2 rings (SSSR count). The number of anilines is 1. The molecule has 2 aromatic rings. The lowest BCUT2D eigenvalue weighted by atomic mass is 10.2. The van der Waals surface area contributed by atoms with Crippen LogP contribution in [0, 0.1) is 11.6 Å². The van der Waals surface area contributed by atoms with Crippen LogP contribution in [0.4, 0.5) is 14.5 Å². The SMILES string of the molecule is CN(Cc1nccn1C)c1c(F)cc(CO)cc1F. The lowest BCUT2D eigenvalue weighted by Crippen LogP contribution is -2.21. The van der Waals surface area contributed by atoms with E-state index in [0.29, 0.717) is 5.82 Å². The number of halogens is 2. The summed E-state index contributed by atoms with van der Waals surface area (Å²) in [5.74, 6) is -0.686. The third-order valence-electron chi connectivity index (χ3n) is 2.94. The van der Waals surface area contributed by atoms with Crippen LogP contribution >= 0.6 is 0 Å². The van der Waals surface area contributed by atoms with Crippen LogP contribution in [0.3, 0.4) is 0 Å². The van der Waals surface area contributed by atoms with Crippen molar-refractivity contribution in [1.82, 2.24) is 9.55 Å². The van der Waals surface area contributed by atoms with Crippen LogP contribution in [-0.2, 0) is 20.2 Å². The number of aryl methyl sites for hydroxylation is 1. The van der Waals surface area contributed by atoms with E-state index in [4.69, 9.17) is 5.11 Å². The van der Waals surface area contributed by atoms with Gasteiger partial charge in [0.05, 0.1) is 13.2 Å². The fourth-order valence-electron chi connectivity index (χ4n) is 1.91. The minimum absolute atomic E-state index is 0.125. The van der Waals surface area contributed by atoms with Crippen molar-refractivity contribution in [1.29, 1.82) is 0 Å². The first-order valence-electron chi connectivity index (χ1n) is 5.79. The molecule has 0 atom stereocenters. The Bertz CT molecular complexity index is 560. The summed E-state index contributed by atoms with van der Waals surface area (Å²) in [7, 11) is 3.41. The Morgan fingerprint density at radius 3 is 2.42 bits per heavy atom. The standard InChI is InChI=1S/C13H15F2N3O/c1-17-4-3-16-12(17)7-18(2)13-10(14)5-9(8-19)6-11(13)15/h3-6,19H,7-8H2,1-2H3. The quantitative estimate of drug-likeness (QED) is 0.918. The first-order chi connectivity index (χ1) is 9.02. The van der Waals surface area contributed by atoms with Crippen LogP contribution in [0.15, 0.2) is 24.5 Å². The Balaban J connectivity index is 2.29. The minimum atomic E-state index is -0.694. The molecule has 6 heteroatoms. The number of hydrogen-bond acceptors (Lipinski definition) is 3. The molecule has 1 aromatic carbocycles. The first-order valence-corrected chi connectivity index (χ1v) is 5.79. The van der Waals surface area contributed by atoms with Crippen LogP contribution in [0.25, 0.3) is 0 Å². The van der Waals surface area contributed by atoms with E-state index in [0.717, 1.165) is 12.1 Å². The monoisotopic (exact) mass is 267 g/mol. The molecule has 19 heavy (non-hydrogen) atoms. The van der Waals surface area contributed by atoms with Crippen LogP contribution in [0.1, 0.15) is 11.4 Å². The van der Waals surface area contributed by atoms with Gasteiger partial charge in [0.25, 0.3) is 0 Å². The highest BCUT2D eigenvalue weighted by Gasteiger charge is 2.16. The van der Waals surface area contributed by atoms with E-state index in [1.807, 2.05) is 7.05 Å². The van der Waals surface area contributed by atoms with Gasteiger partial charge in [0, 0.05) is 26.5 Å². The highest BCUT2D eigenvalue weighted by atomic mass is 19.1. The van der Waals surface area contributed by atoms with Crippen molar-refractivity contribution in [2.75, 3.05) is 11.9 Å². The van der Waals surface area contributed by atoms with Crippen LogP contribution in [0.2, 0.25) is 0 Å². The van der Waals surface area contributed by atoms with Crippen molar-refractivity contribution in [3.05, 3.63) is 47.5 Å². The number of nitrogens with zero attached hydrogens (tertiary/aromatic N) is 3. The van der Waals surface area contributed by atoms with Crippen molar-refractivity contribution >= 4 is 5.69 Å². The number of rotatable bonds is 4. The normalized spacial score (nSPS) is 10.8. The Hall–Kier alpha value is -1.95. The first kappa shape index (κ1) is 13.5. The number of aromatic nitrogens is 2. The van der Waals surface area contributed by atoms with E-state index in [1.54, 1.807) is 24.0 Å². The van der Waals surface area contributed by atoms with Gasteiger partial charge >= 0.3 is 0 Å². The molecular formula is C13H15F2N3O. The second kappa shape index (κ2) is 5.36. The zero-order valence-electron chi connectivity index (χ0n) is 10.8. The molecule has 102 valence electrons. The predicted molar refractivity (Wildman–Crippen MR) is 67.6 cm³/mol. The summed E-state index contributed by atoms with van der Waals surface area (Å²) in [6.07, 6.45) is 3.40.